The van der Waals surface area contributed by atoms with Crippen molar-refractivity contribution in [2.75, 3.05) is 0 Å². The Kier molecular flexibility index (Phi) is 5.26. The van der Waals surface area contributed by atoms with Gasteiger partial charge in [-0.25, -0.2) is 9.98 Å². The van der Waals surface area contributed by atoms with E-state index in [1.54, 1.807) is 0 Å². The van der Waals surface area contributed by atoms with Gasteiger partial charge < -0.3 is 0 Å². The molecule has 0 spiro atoms. The van der Waals surface area contributed by atoms with Gasteiger partial charge in [-0.05, 0) is 18.0 Å². The van der Waals surface area contributed by atoms with Gasteiger partial charge in [-0.15, -0.1) is 0 Å². The summed E-state index contributed by atoms with van der Waals surface area (Å²) in [4.78, 5) is 7.30. The first kappa shape index (κ1) is 9.66. The van der Waals surface area contributed by atoms with E-state index in [0.29, 0.717) is 11.6 Å². The van der Waals surface area contributed by atoms with Gasteiger partial charge in [0.2, 0.25) is 5.29 Å². The monoisotopic (exact) mass is 178 g/mol. The molecule has 0 aliphatic heterocycles. The minimum atomic E-state index is 0.113. The first-order chi connectivity index (χ1) is 4.70. The Hall–Kier alpha value is -0.340. The van der Waals surface area contributed by atoms with E-state index in [0.717, 1.165) is 0 Å². The van der Waals surface area contributed by atoms with Gasteiger partial charge in [0.15, 0.2) is 0 Å². The van der Waals surface area contributed by atoms with Crippen molar-refractivity contribution >= 4 is 33.7 Å². The Morgan fingerprint density at radius 1 is 1.60 bits per heavy atom. The van der Waals surface area contributed by atoms with E-state index >= 15 is 0 Å². The van der Waals surface area contributed by atoms with E-state index in [4.69, 9.17) is 23.2 Å². The second-order valence-electron chi connectivity index (χ2n) is 1.42. The van der Waals surface area contributed by atoms with E-state index in [2.05, 4.69) is 16.6 Å². The molecule has 0 rings (SSSR count). The average Bonchev–Trinajstić information content (AvgIpc) is 1.88. The molecule has 0 saturated heterocycles. The van der Waals surface area contributed by atoms with Crippen LogP contribution in [0.3, 0.4) is 0 Å². The van der Waals surface area contributed by atoms with Gasteiger partial charge in [0.05, 0.1) is 0 Å². The molecule has 0 amide bonds. The Bertz CT molecular complexity index is 173. The number of halogens is 2. The Labute approximate surface area is 70.3 Å². The minimum Gasteiger partial charge on any atom is -0.227 e. The molecule has 0 aliphatic carbocycles. The van der Waals surface area contributed by atoms with Crippen molar-refractivity contribution in [3.63, 3.8) is 0 Å². The summed E-state index contributed by atoms with van der Waals surface area (Å²) in [6.45, 7) is 5.23. The molecule has 0 N–H and O–H groups in total. The molecule has 4 heteroatoms. The maximum atomic E-state index is 5.55. The second kappa shape index (κ2) is 5.45. The number of amidine groups is 1. The third-order valence-corrected chi connectivity index (χ3v) is 1.24. The molecular formula is C6H8Cl2N2. The van der Waals surface area contributed by atoms with E-state index in [1.807, 2.05) is 6.92 Å². The molecule has 0 aromatic rings. The zero-order valence-corrected chi connectivity index (χ0v) is 7.15. The van der Waals surface area contributed by atoms with Crippen molar-refractivity contribution in [1.29, 1.82) is 0 Å². The van der Waals surface area contributed by atoms with Crippen molar-refractivity contribution in [1.82, 2.24) is 0 Å². The first-order valence-electron chi connectivity index (χ1n) is 2.78. The highest BCUT2D eigenvalue weighted by atomic mass is 35.5. The number of nitrogens with zero attached hydrogens (tertiary/aromatic N) is 2. The van der Waals surface area contributed by atoms with Gasteiger partial charge in [0.25, 0.3) is 0 Å². The molecule has 0 radical (unpaired) electrons. The van der Waals surface area contributed by atoms with Gasteiger partial charge in [-0.2, -0.15) is 0 Å². The van der Waals surface area contributed by atoms with Crippen LogP contribution in [0, 0.1) is 0 Å². The molecule has 56 valence electrons. The summed E-state index contributed by atoms with van der Waals surface area (Å²) in [6, 6.07) is 0. The highest BCUT2D eigenvalue weighted by molar-refractivity contribution is 6.71. The zero-order chi connectivity index (χ0) is 7.98. The molecule has 0 heterocycles. The number of hydrogen-bond acceptors (Lipinski definition) is 1. The lowest BCUT2D eigenvalue weighted by atomic mass is 10.5. The summed E-state index contributed by atoms with van der Waals surface area (Å²) in [5.74, 6) is 0. The smallest absolute Gasteiger partial charge is 0.223 e. The molecule has 10 heavy (non-hydrogen) atoms. The van der Waals surface area contributed by atoms with Gasteiger partial charge in [0, 0.05) is 6.20 Å². The number of aliphatic imine (C=N–C) groups is 2. The molecule has 0 atom stereocenters. The molecule has 0 aliphatic rings. The molecule has 0 aromatic carbocycles. The summed E-state index contributed by atoms with van der Waals surface area (Å²) in [5.41, 5.74) is 0. The molecule has 0 aromatic heterocycles. The van der Waals surface area contributed by atoms with Crippen LogP contribution in [-0.4, -0.2) is 10.5 Å². The Morgan fingerprint density at radius 2 is 2.20 bits per heavy atom. The summed E-state index contributed by atoms with van der Waals surface area (Å²) >= 11 is 11.0. The number of hydrogen-bond donors (Lipinski definition) is 0. The topological polar surface area (TPSA) is 24.7 Å². The predicted molar refractivity (Wildman–Crippen MR) is 47.1 cm³/mol. The molecular weight excluding hydrogens is 171 g/mol. The Balaban J connectivity index is 4.11. The highest BCUT2D eigenvalue weighted by Gasteiger charge is 1.90. The maximum Gasteiger partial charge on any atom is 0.223 e. The maximum absolute atomic E-state index is 5.55. The van der Waals surface area contributed by atoms with Gasteiger partial charge in [0.1, 0.15) is 5.17 Å². The average molecular weight is 179 g/mol. The van der Waals surface area contributed by atoms with Crippen molar-refractivity contribution in [3.8, 4) is 0 Å². The van der Waals surface area contributed by atoms with Crippen LogP contribution in [0.5, 0.6) is 0 Å². The molecule has 2 nitrogen and oxygen atoms in total. The van der Waals surface area contributed by atoms with Crippen LogP contribution < -0.4 is 0 Å². The fraction of sp³-hybridized carbons (Fsp3) is 0.333. The van der Waals surface area contributed by atoms with Crippen molar-refractivity contribution in [2.45, 2.75) is 13.3 Å². The third-order valence-electron chi connectivity index (χ3n) is 0.703. The standard InChI is InChI=1S/C6H8Cl2N2/c1-3-5(7)10-6(8)9-4-2/h4H,2-3H2,1H3. The SMILES string of the molecule is C=CN=C(Cl)N=C(Cl)CC. The van der Waals surface area contributed by atoms with Crippen LogP contribution in [0.1, 0.15) is 13.3 Å². The van der Waals surface area contributed by atoms with Crippen LogP contribution in [0.15, 0.2) is 22.8 Å². The highest BCUT2D eigenvalue weighted by Crippen LogP contribution is 1.96. The van der Waals surface area contributed by atoms with Gasteiger partial charge in [-0.1, -0.05) is 25.1 Å². The van der Waals surface area contributed by atoms with Crippen LogP contribution in [0.4, 0.5) is 0 Å². The largest absolute Gasteiger partial charge is 0.227 e. The minimum absolute atomic E-state index is 0.113. The summed E-state index contributed by atoms with van der Waals surface area (Å²) in [6.07, 6.45) is 1.97. The van der Waals surface area contributed by atoms with Crippen LogP contribution >= 0.6 is 23.2 Å². The van der Waals surface area contributed by atoms with E-state index in [1.165, 1.54) is 6.20 Å². The van der Waals surface area contributed by atoms with Crippen molar-refractivity contribution in [2.24, 2.45) is 9.98 Å². The van der Waals surface area contributed by atoms with Crippen molar-refractivity contribution in [3.05, 3.63) is 12.8 Å². The first-order valence-corrected chi connectivity index (χ1v) is 3.53. The molecule has 0 fully saturated rings. The lowest BCUT2D eigenvalue weighted by molar-refractivity contribution is 1.31. The fourth-order valence-electron chi connectivity index (χ4n) is 0.283. The van der Waals surface area contributed by atoms with Crippen LogP contribution in [0.2, 0.25) is 0 Å². The lowest BCUT2D eigenvalue weighted by Crippen LogP contribution is -1.87. The third kappa shape index (κ3) is 4.53. The van der Waals surface area contributed by atoms with E-state index < -0.39 is 0 Å². The summed E-state index contributed by atoms with van der Waals surface area (Å²) in [7, 11) is 0. The quantitative estimate of drug-likeness (QED) is 0.353. The van der Waals surface area contributed by atoms with Gasteiger partial charge >= 0.3 is 0 Å². The van der Waals surface area contributed by atoms with Crippen molar-refractivity contribution < 1.29 is 0 Å². The summed E-state index contributed by atoms with van der Waals surface area (Å²) in [5, 5.41) is 0.553. The number of rotatable bonds is 2. The van der Waals surface area contributed by atoms with Crippen LogP contribution in [-0.2, 0) is 0 Å². The lowest BCUT2D eigenvalue weighted by Gasteiger charge is -1.88. The Morgan fingerprint density at radius 3 is 2.60 bits per heavy atom. The van der Waals surface area contributed by atoms with E-state index in [-0.39, 0.29) is 5.29 Å². The molecule has 0 bridgehead atoms. The van der Waals surface area contributed by atoms with Gasteiger partial charge in [-0.3, -0.25) is 0 Å². The van der Waals surface area contributed by atoms with Crippen LogP contribution in [0.25, 0.3) is 0 Å². The zero-order valence-electron chi connectivity index (χ0n) is 5.64. The predicted octanol–water partition coefficient (Wildman–Crippen LogP) is 2.77. The molecule has 0 unspecified atom stereocenters. The molecule has 0 saturated carbocycles. The van der Waals surface area contributed by atoms with E-state index in [9.17, 15) is 0 Å². The fourth-order valence-corrected chi connectivity index (χ4v) is 0.578. The summed E-state index contributed by atoms with van der Waals surface area (Å²) < 4.78 is 0. The normalized spacial score (nSPS) is 13.5. The second-order valence-corrected chi connectivity index (χ2v) is 2.20.